The van der Waals surface area contributed by atoms with Gasteiger partial charge in [0, 0.05) is 25.6 Å². The zero-order chi connectivity index (χ0) is 13.9. The van der Waals surface area contributed by atoms with E-state index in [1.54, 1.807) is 6.92 Å². The second-order valence-corrected chi connectivity index (χ2v) is 3.98. The van der Waals surface area contributed by atoms with Gasteiger partial charge in [0.05, 0.1) is 5.56 Å². The van der Waals surface area contributed by atoms with Crippen molar-refractivity contribution in [3.05, 3.63) is 41.5 Å². The first-order valence-electron chi connectivity index (χ1n) is 5.65. The molecule has 102 valence electrons. The number of aryl methyl sites for hydroxylation is 1. The quantitative estimate of drug-likeness (QED) is 0.928. The van der Waals surface area contributed by atoms with Crippen molar-refractivity contribution in [1.82, 2.24) is 10.1 Å². The van der Waals surface area contributed by atoms with Crippen LogP contribution in [-0.4, -0.2) is 16.7 Å². The lowest BCUT2D eigenvalue weighted by atomic mass is 10.2. The van der Waals surface area contributed by atoms with Crippen molar-refractivity contribution in [2.75, 3.05) is 11.9 Å². The largest absolute Gasteiger partial charge is 0.416 e. The van der Waals surface area contributed by atoms with Crippen molar-refractivity contribution in [3.63, 3.8) is 0 Å². The van der Waals surface area contributed by atoms with Crippen LogP contribution in [0.3, 0.4) is 0 Å². The molecule has 0 aliphatic rings. The molecule has 1 heterocycles. The third-order valence-corrected chi connectivity index (χ3v) is 2.46. The van der Waals surface area contributed by atoms with E-state index in [0.717, 1.165) is 12.1 Å². The molecule has 2 rings (SSSR count). The number of nitrogens with one attached hydrogen (secondary N) is 1. The first kappa shape index (κ1) is 13.4. The van der Waals surface area contributed by atoms with E-state index in [4.69, 9.17) is 4.52 Å². The van der Waals surface area contributed by atoms with Crippen LogP contribution in [0.4, 0.5) is 18.9 Å². The van der Waals surface area contributed by atoms with Crippen LogP contribution in [-0.2, 0) is 12.6 Å². The summed E-state index contributed by atoms with van der Waals surface area (Å²) in [6.07, 6.45) is -3.76. The number of alkyl halides is 3. The summed E-state index contributed by atoms with van der Waals surface area (Å²) in [5, 5.41) is 6.71. The number of aromatic nitrogens is 2. The van der Waals surface area contributed by atoms with Crippen LogP contribution >= 0.6 is 0 Å². The molecular formula is C12H12F3N3O. The maximum absolute atomic E-state index is 12.3. The van der Waals surface area contributed by atoms with Crippen LogP contribution in [0.5, 0.6) is 0 Å². The topological polar surface area (TPSA) is 51.0 Å². The first-order valence-corrected chi connectivity index (χ1v) is 5.65. The van der Waals surface area contributed by atoms with Crippen LogP contribution in [0, 0.1) is 6.92 Å². The van der Waals surface area contributed by atoms with E-state index in [9.17, 15) is 13.2 Å². The Morgan fingerprint density at radius 3 is 2.42 bits per heavy atom. The SMILES string of the molecule is Cc1nc(CCNc2ccc(C(F)(F)F)cc2)no1. The molecule has 0 aliphatic heterocycles. The average Bonchev–Trinajstić information content (AvgIpc) is 2.75. The molecule has 0 radical (unpaired) electrons. The molecule has 0 atom stereocenters. The van der Waals surface area contributed by atoms with Crippen molar-refractivity contribution in [3.8, 4) is 0 Å². The van der Waals surface area contributed by atoms with Crippen LogP contribution in [0.15, 0.2) is 28.8 Å². The lowest BCUT2D eigenvalue weighted by molar-refractivity contribution is -0.137. The summed E-state index contributed by atoms with van der Waals surface area (Å²) in [7, 11) is 0. The predicted molar refractivity (Wildman–Crippen MR) is 62.7 cm³/mol. The first-order chi connectivity index (χ1) is 8.95. The fourth-order valence-corrected chi connectivity index (χ4v) is 1.54. The van der Waals surface area contributed by atoms with E-state index in [1.807, 2.05) is 0 Å². The average molecular weight is 271 g/mol. The van der Waals surface area contributed by atoms with E-state index >= 15 is 0 Å². The second-order valence-electron chi connectivity index (χ2n) is 3.98. The maximum Gasteiger partial charge on any atom is 0.416 e. The van der Waals surface area contributed by atoms with E-state index < -0.39 is 11.7 Å². The molecule has 0 amide bonds. The summed E-state index contributed by atoms with van der Waals surface area (Å²) in [6.45, 7) is 2.21. The number of hydrogen-bond donors (Lipinski definition) is 1. The normalized spacial score (nSPS) is 11.6. The molecule has 0 fully saturated rings. The van der Waals surface area contributed by atoms with Gasteiger partial charge in [0.1, 0.15) is 0 Å². The standard InChI is InChI=1S/C12H12F3N3O/c1-8-17-11(18-19-8)6-7-16-10-4-2-9(3-5-10)12(13,14)15/h2-5,16H,6-7H2,1H3. The van der Waals surface area contributed by atoms with Gasteiger partial charge in [-0.3, -0.25) is 0 Å². The summed E-state index contributed by atoms with van der Waals surface area (Å²) < 4.78 is 41.9. The van der Waals surface area contributed by atoms with Gasteiger partial charge in [-0.1, -0.05) is 5.16 Å². The minimum Gasteiger partial charge on any atom is -0.385 e. The van der Waals surface area contributed by atoms with Crippen molar-refractivity contribution in [1.29, 1.82) is 0 Å². The Labute approximate surface area is 107 Å². The van der Waals surface area contributed by atoms with Gasteiger partial charge < -0.3 is 9.84 Å². The van der Waals surface area contributed by atoms with Crippen molar-refractivity contribution in [2.45, 2.75) is 19.5 Å². The van der Waals surface area contributed by atoms with E-state index in [0.29, 0.717) is 30.4 Å². The molecule has 0 saturated carbocycles. The zero-order valence-electron chi connectivity index (χ0n) is 10.2. The number of halogens is 3. The highest BCUT2D eigenvalue weighted by Crippen LogP contribution is 2.29. The minimum atomic E-state index is -4.30. The number of benzene rings is 1. The third kappa shape index (κ3) is 3.70. The van der Waals surface area contributed by atoms with Crippen LogP contribution in [0.2, 0.25) is 0 Å². The molecule has 1 N–H and O–H groups in total. The van der Waals surface area contributed by atoms with Crippen molar-refractivity contribution in [2.24, 2.45) is 0 Å². The Morgan fingerprint density at radius 2 is 1.89 bits per heavy atom. The van der Waals surface area contributed by atoms with E-state index in [1.165, 1.54) is 12.1 Å². The van der Waals surface area contributed by atoms with Crippen LogP contribution in [0.1, 0.15) is 17.3 Å². The highest BCUT2D eigenvalue weighted by atomic mass is 19.4. The highest BCUT2D eigenvalue weighted by molar-refractivity contribution is 5.45. The second kappa shape index (κ2) is 5.29. The molecule has 1 aromatic carbocycles. The maximum atomic E-state index is 12.3. The number of nitrogens with zero attached hydrogens (tertiary/aromatic N) is 2. The number of anilines is 1. The molecule has 0 spiro atoms. The smallest absolute Gasteiger partial charge is 0.385 e. The van der Waals surface area contributed by atoms with Crippen LogP contribution in [0.25, 0.3) is 0 Å². The molecule has 7 heteroatoms. The Balaban J connectivity index is 1.86. The van der Waals surface area contributed by atoms with Gasteiger partial charge in [-0.25, -0.2) is 0 Å². The Morgan fingerprint density at radius 1 is 1.21 bits per heavy atom. The zero-order valence-corrected chi connectivity index (χ0v) is 10.2. The molecule has 2 aromatic rings. The molecule has 19 heavy (non-hydrogen) atoms. The van der Waals surface area contributed by atoms with Gasteiger partial charge >= 0.3 is 6.18 Å². The van der Waals surface area contributed by atoms with Gasteiger partial charge in [-0.05, 0) is 24.3 Å². The lowest BCUT2D eigenvalue weighted by Gasteiger charge is -2.08. The van der Waals surface area contributed by atoms with Gasteiger partial charge in [0.25, 0.3) is 0 Å². The molecular weight excluding hydrogens is 259 g/mol. The van der Waals surface area contributed by atoms with Crippen LogP contribution < -0.4 is 5.32 Å². The Bertz CT molecular complexity index is 534. The highest BCUT2D eigenvalue weighted by Gasteiger charge is 2.29. The molecule has 0 unspecified atom stereocenters. The third-order valence-electron chi connectivity index (χ3n) is 2.46. The fourth-order valence-electron chi connectivity index (χ4n) is 1.54. The van der Waals surface area contributed by atoms with E-state index in [-0.39, 0.29) is 0 Å². The van der Waals surface area contributed by atoms with Crippen molar-refractivity contribution >= 4 is 5.69 Å². The molecule has 0 aliphatic carbocycles. The predicted octanol–water partition coefficient (Wildman–Crippen LogP) is 3.05. The summed E-state index contributed by atoms with van der Waals surface area (Å²) in [5.74, 6) is 1.06. The summed E-state index contributed by atoms with van der Waals surface area (Å²) >= 11 is 0. The van der Waals surface area contributed by atoms with Gasteiger partial charge in [-0.2, -0.15) is 18.2 Å². The Kier molecular flexibility index (Phi) is 3.73. The number of hydrogen-bond acceptors (Lipinski definition) is 4. The van der Waals surface area contributed by atoms with Crippen molar-refractivity contribution < 1.29 is 17.7 Å². The minimum absolute atomic E-state index is 0.490. The van der Waals surface area contributed by atoms with Gasteiger partial charge in [0.15, 0.2) is 5.82 Å². The molecule has 0 bridgehead atoms. The molecule has 0 saturated heterocycles. The van der Waals surface area contributed by atoms with Gasteiger partial charge in [-0.15, -0.1) is 0 Å². The van der Waals surface area contributed by atoms with E-state index in [2.05, 4.69) is 15.5 Å². The summed E-state index contributed by atoms with van der Waals surface area (Å²) in [4.78, 5) is 4.02. The number of rotatable bonds is 4. The summed E-state index contributed by atoms with van der Waals surface area (Å²) in [6, 6.07) is 4.87. The molecule has 1 aromatic heterocycles. The monoisotopic (exact) mass is 271 g/mol. The van der Waals surface area contributed by atoms with Gasteiger partial charge in [0.2, 0.25) is 5.89 Å². The lowest BCUT2D eigenvalue weighted by Crippen LogP contribution is -2.07. The summed E-state index contributed by atoms with van der Waals surface area (Å²) in [5.41, 5.74) is -0.0416. The Hall–Kier alpha value is -2.05. The molecule has 4 nitrogen and oxygen atoms in total. The fraction of sp³-hybridized carbons (Fsp3) is 0.333.